The van der Waals surface area contributed by atoms with Crippen LogP contribution in [0.2, 0.25) is 0 Å². The number of para-hydroxylation sites is 1. The average molecular weight is 431 g/mol. The standard InChI is InChI=1S/C24H38N4O3/c1-4-17-31-23(30)27-13-9-19(10-14-27)26-15-11-24(12-16-26)18-28(22(29)25(2)3)21-8-6-5-7-20(21)24/h5-8,19,23,30H,4,9-18H2,1-3H3. The van der Waals surface area contributed by atoms with Crippen LogP contribution in [0, 0.1) is 0 Å². The molecule has 1 atom stereocenters. The van der Waals surface area contributed by atoms with Gasteiger partial charge in [0, 0.05) is 50.9 Å². The van der Waals surface area contributed by atoms with E-state index in [0.29, 0.717) is 12.6 Å². The summed E-state index contributed by atoms with van der Waals surface area (Å²) >= 11 is 0. The van der Waals surface area contributed by atoms with Crippen molar-refractivity contribution in [1.82, 2.24) is 14.7 Å². The van der Waals surface area contributed by atoms with E-state index in [2.05, 4.69) is 34.9 Å². The maximum atomic E-state index is 12.8. The second-order valence-corrected chi connectivity index (χ2v) is 9.56. The Morgan fingerprint density at radius 3 is 2.52 bits per heavy atom. The molecule has 0 aromatic heterocycles. The predicted octanol–water partition coefficient (Wildman–Crippen LogP) is 2.69. The quantitative estimate of drug-likeness (QED) is 0.728. The molecule has 3 aliphatic heterocycles. The van der Waals surface area contributed by atoms with Crippen LogP contribution in [0.25, 0.3) is 0 Å². The van der Waals surface area contributed by atoms with Crippen LogP contribution < -0.4 is 4.90 Å². The van der Waals surface area contributed by atoms with Crippen LogP contribution in [0.4, 0.5) is 10.5 Å². The normalized spacial score (nSPS) is 23.2. The van der Waals surface area contributed by atoms with Gasteiger partial charge in [-0.15, -0.1) is 0 Å². The minimum Gasteiger partial charge on any atom is -0.356 e. The number of carbonyl (C=O) groups excluding carboxylic acids is 1. The highest BCUT2D eigenvalue weighted by molar-refractivity contribution is 5.95. The van der Waals surface area contributed by atoms with Crippen molar-refractivity contribution in [1.29, 1.82) is 0 Å². The summed E-state index contributed by atoms with van der Waals surface area (Å²) in [5.41, 5.74) is 2.50. The Kier molecular flexibility index (Phi) is 6.86. The molecule has 1 unspecified atom stereocenters. The van der Waals surface area contributed by atoms with Gasteiger partial charge in [0.05, 0.1) is 6.61 Å². The van der Waals surface area contributed by atoms with E-state index >= 15 is 0 Å². The number of anilines is 1. The van der Waals surface area contributed by atoms with Crippen molar-refractivity contribution in [3.63, 3.8) is 0 Å². The maximum Gasteiger partial charge on any atom is 0.323 e. The van der Waals surface area contributed by atoms with Gasteiger partial charge in [-0.05, 0) is 56.8 Å². The lowest BCUT2D eigenvalue weighted by atomic mass is 9.74. The van der Waals surface area contributed by atoms with Gasteiger partial charge in [0.25, 0.3) is 0 Å². The van der Waals surface area contributed by atoms with E-state index in [-0.39, 0.29) is 11.4 Å². The van der Waals surface area contributed by atoms with Crippen molar-refractivity contribution in [2.45, 2.75) is 56.9 Å². The predicted molar refractivity (Wildman–Crippen MR) is 122 cm³/mol. The number of fused-ring (bicyclic) bond motifs is 2. The number of aliphatic hydroxyl groups is 1. The third kappa shape index (κ3) is 4.46. The number of rotatable bonds is 5. The molecule has 7 heteroatoms. The summed E-state index contributed by atoms with van der Waals surface area (Å²) < 4.78 is 5.49. The molecular weight excluding hydrogens is 392 g/mol. The maximum absolute atomic E-state index is 12.8. The minimum atomic E-state index is -0.763. The van der Waals surface area contributed by atoms with E-state index in [1.54, 1.807) is 4.90 Å². The Bertz CT molecular complexity index is 755. The Morgan fingerprint density at radius 1 is 1.19 bits per heavy atom. The minimum absolute atomic E-state index is 0.0722. The van der Waals surface area contributed by atoms with Crippen LogP contribution in [0.15, 0.2) is 24.3 Å². The first-order valence-corrected chi connectivity index (χ1v) is 11.8. The average Bonchev–Trinajstić information content (AvgIpc) is 3.11. The number of piperidine rings is 2. The first kappa shape index (κ1) is 22.5. The molecule has 0 aliphatic carbocycles. The van der Waals surface area contributed by atoms with Gasteiger partial charge in [-0.25, -0.2) is 4.79 Å². The second-order valence-electron chi connectivity index (χ2n) is 9.56. The van der Waals surface area contributed by atoms with Crippen molar-refractivity contribution < 1.29 is 14.6 Å². The highest BCUT2D eigenvalue weighted by atomic mass is 16.6. The van der Waals surface area contributed by atoms with E-state index in [1.165, 1.54) is 5.56 Å². The highest BCUT2D eigenvalue weighted by Gasteiger charge is 2.47. The first-order valence-electron chi connectivity index (χ1n) is 11.8. The molecule has 2 fully saturated rings. The van der Waals surface area contributed by atoms with Crippen LogP contribution >= 0.6 is 0 Å². The summed E-state index contributed by atoms with van der Waals surface area (Å²) in [5.74, 6) is 0. The zero-order valence-electron chi connectivity index (χ0n) is 19.3. The number of benzene rings is 1. The van der Waals surface area contributed by atoms with Gasteiger partial charge in [0.1, 0.15) is 0 Å². The summed E-state index contributed by atoms with van der Waals surface area (Å²) in [6.45, 7) is 7.34. The molecule has 0 radical (unpaired) electrons. The van der Waals surface area contributed by atoms with Crippen molar-refractivity contribution in [3.05, 3.63) is 29.8 Å². The summed E-state index contributed by atoms with van der Waals surface area (Å²) in [7, 11) is 3.66. The molecule has 1 N–H and O–H groups in total. The number of hydrogen-bond acceptors (Lipinski definition) is 5. The molecule has 7 nitrogen and oxygen atoms in total. The summed E-state index contributed by atoms with van der Waals surface area (Å²) in [6, 6.07) is 9.11. The fourth-order valence-corrected chi connectivity index (χ4v) is 5.59. The lowest BCUT2D eigenvalue weighted by Crippen LogP contribution is -2.53. The smallest absolute Gasteiger partial charge is 0.323 e. The molecular formula is C24H38N4O3. The third-order valence-corrected chi connectivity index (χ3v) is 7.39. The molecule has 3 aliphatic rings. The largest absolute Gasteiger partial charge is 0.356 e. The molecule has 0 bridgehead atoms. The number of nitrogens with zero attached hydrogens (tertiary/aromatic N) is 4. The summed E-state index contributed by atoms with van der Waals surface area (Å²) in [4.78, 5) is 21.1. The summed E-state index contributed by atoms with van der Waals surface area (Å²) in [5, 5.41) is 10.2. The number of amides is 2. The number of aliphatic hydroxyl groups excluding tert-OH is 1. The van der Waals surface area contributed by atoms with E-state index in [9.17, 15) is 9.90 Å². The van der Waals surface area contributed by atoms with E-state index in [0.717, 1.165) is 70.5 Å². The van der Waals surface area contributed by atoms with Gasteiger partial charge in [0.15, 0.2) is 0 Å². The van der Waals surface area contributed by atoms with Gasteiger partial charge in [0.2, 0.25) is 6.41 Å². The van der Waals surface area contributed by atoms with Crippen LogP contribution in [-0.2, 0) is 10.2 Å². The van der Waals surface area contributed by atoms with Crippen molar-refractivity contribution in [2.24, 2.45) is 0 Å². The zero-order chi connectivity index (χ0) is 22.0. The monoisotopic (exact) mass is 430 g/mol. The Balaban J connectivity index is 1.36. The lowest BCUT2D eigenvalue weighted by molar-refractivity contribution is -0.200. The van der Waals surface area contributed by atoms with Crippen molar-refractivity contribution in [2.75, 3.05) is 58.3 Å². The SMILES string of the molecule is CCCOC(O)N1CCC(N2CCC3(CC2)CN(C(=O)N(C)C)c2ccccc23)CC1. The van der Waals surface area contributed by atoms with Gasteiger partial charge in [-0.1, -0.05) is 25.1 Å². The molecule has 172 valence electrons. The highest BCUT2D eigenvalue weighted by Crippen LogP contribution is 2.47. The number of urea groups is 1. The van der Waals surface area contributed by atoms with Crippen LogP contribution in [0.1, 0.15) is 44.6 Å². The Labute approximate surface area is 186 Å². The molecule has 1 aromatic rings. The molecule has 1 spiro atoms. The number of hydrogen-bond donors (Lipinski definition) is 1. The van der Waals surface area contributed by atoms with Crippen LogP contribution in [-0.4, -0.2) is 91.7 Å². The number of carbonyl (C=O) groups is 1. The van der Waals surface area contributed by atoms with Crippen LogP contribution in [0.5, 0.6) is 0 Å². The van der Waals surface area contributed by atoms with Gasteiger partial charge < -0.3 is 19.6 Å². The molecule has 3 heterocycles. The molecule has 4 rings (SSSR count). The Morgan fingerprint density at radius 2 is 1.87 bits per heavy atom. The Hall–Kier alpha value is -1.67. The van der Waals surface area contributed by atoms with E-state index in [1.807, 2.05) is 25.1 Å². The van der Waals surface area contributed by atoms with Gasteiger partial charge >= 0.3 is 6.03 Å². The summed E-state index contributed by atoms with van der Waals surface area (Å²) in [6.07, 6.45) is 4.47. The van der Waals surface area contributed by atoms with Gasteiger partial charge in [-0.2, -0.15) is 0 Å². The number of likely N-dealkylation sites (tertiary alicyclic amines) is 2. The first-order chi connectivity index (χ1) is 14.9. The topological polar surface area (TPSA) is 59.5 Å². The van der Waals surface area contributed by atoms with E-state index in [4.69, 9.17) is 4.74 Å². The molecule has 0 saturated carbocycles. The molecule has 2 amide bonds. The van der Waals surface area contributed by atoms with E-state index < -0.39 is 6.41 Å². The fourth-order valence-electron chi connectivity index (χ4n) is 5.59. The molecule has 31 heavy (non-hydrogen) atoms. The second kappa shape index (κ2) is 9.45. The zero-order valence-corrected chi connectivity index (χ0v) is 19.3. The van der Waals surface area contributed by atoms with Crippen molar-refractivity contribution >= 4 is 11.7 Å². The molecule has 1 aromatic carbocycles. The van der Waals surface area contributed by atoms with Crippen LogP contribution in [0.3, 0.4) is 0 Å². The number of ether oxygens (including phenoxy) is 1. The fraction of sp³-hybridized carbons (Fsp3) is 0.708. The molecule has 2 saturated heterocycles. The van der Waals surface area contributed by atoms with Gasteiger partial charge in [-0.3, -0.25) is 9.80 Å². The van der Waals surface area contributed by atoms with Crippen molar-refractivity contribution in [3.8, 4) is 0 Å². The third-order valence-electron chi connectivity index (χ3n) is 7.39. The lowest BCUT2D eigenvalue weighted by Gasteiger charge is -2.45.